The fourth-order valence-electron chi connectivity index (χ4n) is 2.88. The number of carboxylic acid groups (broad SMARTS) is 1. The summed E-state index contributed by atoms with van der Waals surface area (Å²) in [5.74, 6) is 0.760. The van der Waals surface area contributed by atoms with Crippen LogP contribution in [0.15, 0.2) is 41.3 Å². The molecule has 2 aromatic rings. The molecule has 1 aliphatic rings. The number of carbonyl (C=O) groups is 1. The zero-order chi connectivity index (χ0) is 19.6. The summed E-state index contributed by atoms with van der Waals surface area (Å²) in [6, 6.07) is 9.21. The van der Waals surface area contributed by atoms with E-state index in [1.165, 1.54) is 12.1 Å². The zero-order valence-corrected chi connectivity index (χ0v) is 17.0. The van der Waals surface area contributed by atoms with Gasteiger partial charge in [-0.3, -0.25) is 4.72 Å². The summed E-state index contributed by atoms with van der Waals surface area (Å²) in [7, 11) is -3.93. The minimum Gasteiger partial charge on any atom is -0.478 e. The lowest BCUT2D eigenvalue weighted by atomic mass is 10.1. The first-order valence-electron chi connectivity index (χ1n) is 8.27. The van der Waals surface area contributed by atoms with Crippen LogP contribution in [-0.2, 0) is 10.0 Å². The van der Waals surface area contributed by atoms with E-state index in [9.17, 15) is 18.3 Å². The molecule has 0 bridgehead atoms. The van der Waals surface area contributed by atoms with Gasteiger partial charge in [0, 0.05) is 30.3 Å². The predicted octanol–water partition coefficient (Wildman–Crippen LogP) is 3.70. The Morgan fingerprint density at radius 1 is 1.19 bits per heavy atom. The Morgan fingerprint density at radius 3 is 2.52 bits per heavy atom. The highest BCUT2D eigenvalue weighted by Crippen LogP contribution is 2.29. The SMILES string of the molecule is Cc1ccc(S(=O)(=O)Nc2ccc(N3CCSCC3)c(C(=O)O)c2)c(Cl)c1. The number of nitrogens with zero attached hydrogens (tertiary/aromatic N) is 1. The van der Waals surface area contributed by atoms with Crippen molar-refractivity contribution in [1.29, 1.82) is 0 Å². The highest BCUT2D eigenvalue weighted by molar-refractivity contribution is 7.99. The lowest BCUT2D eigenvalue weighted by Gasteiger charge is -2.29. The van der Waals surface area contributed by atoms with Gasteiger partial charge in [0.25, 0.3) is 10.0 Å². The number of sulfonamides is 1. The second kappa shape index (κ2) is 8.00. The molecular formula is C18H19ClN2O4S2. The summed E-state index contributed by atoms with van der Waals surface area (Å²) in [4.78, 5) is 13.7. The molecule has 3 rings (SSSR count). The largest absolute Gasteiger partial charge is 0.478 e. The zero-order valence-electron chi connectivity index (χ0n) is 14.6. The van der Waals surface area contributed by atoms with E-state index < -0.39 is 16.0 Å². The van der Waals surface area contributed by atoms with Gasteiger partial charge in [-0.25, -0.2) is 13.2 Å². The van der Waals surface area contributed by atoms with E-state index >= 15 is 0 Å². The summed E-state index contributed by atoms with van der Waals surface area (Å²) in [5.41, 5.74) is 1.69. The number of aromatic carboxylic acids is 1. The van der Waals surface area contributed by atoms with E-state index in [4.69, 9.17) is 11.6 Å². The van der Waals surface area contributed by atoms with Crippen molar-refractivity contribution in [3.8, 4) is 0 Å². The van der Waals surface area contributed by atoms with Crippen LogP contribution in [0.4, 0.5) is 11.4 Å². The maximum atomic E-state index is 12.6. The minimum absolute atomic E-state index is 0.0521. The van der Waals surface area contributed by atoms with Crippen molar-refractivity contribution in [2.45, 2.75) is 11.8 Å². The molecule has 2 aromatic carbocycles. The van der Waals surface area contributed by atoms with E-state index in [1.54, 1.807) is 24.3 Å². The van der Waals surface area contributed by atoms with Crippen molar-refractivity contribution >= 4 is 50.7 Å². The van der Waals surface area contributed by atoms with Crippen LogP contribution in [-0.4, -0.2) is 44.1 Å². The van der Waals surface area contributed by atoms with Crippen LogP contribution in [0.1, 0.15) is 15.9 Å². The van der Waals surface area contributed by atoms with Gasteiger partial charge in [0.1, 0.15) is 4.90 Å². The van der Waals surface area contributed by atoms with Crippen molar-refractivity contribution in [3.05, 3.63) is 52.5 Å². The number of halogens is 1. The van der Waals surface area contributed by atoms with Gasteiger partial charge in [-0.05, 0) is 42.8 Å². The average molecular weight is 427 g/mol. The Labute approximate surface area is 167 Å². The highest BCUT2D eigenvalue weighted by Gasteiger charge is 2.22. The number of benzene rings is 2. The van der Waals surface area contributed by atoms with Gasteiger partial charge in [-0.15, -0.1) is 0 Å². The number of hydrogen-bond acceptors (Lipinski definition) is 5. The molecule has 9 heteroatoms. The third-order valence-electron chi connectivity index (χ3n) is 4.21. The van der Waals surface area contributed by atoms with Gasteiger partial charge in [0.15, 0.2) is 0 Å². The number of hydrogen-bond donors (Lipinski definition) is 2. The molecule has 1 aliphatic heterocycles. The number of thioether (sulfide) groups is 1. The smallest absolute Gasteiger partial charge is 0.337 e. The number of anilines is 2. The van der Waals surface area contributed by atoms with Crippen LogP contribution in [0.25, 0.3) is 0 Å². The molecule has 1 saturated heterocycles. The second-order valence-electron chi connectivity index (χ2n) is 6.18. The van der Waals surface area contributed by atoms with Crippen molar-refractivity contribution < 1.29 is 18.3 Å². The Hall–Kier alpha value is -1.90. The van der Waals surface area contributed by atoms with Crippen LogP contribution >= 0.6 is 23.4 Å². The molecule has 2 N–H and O–H groups in total. The molecule has 0 aromatic heterocycles. The molecule has 1 fully saturated rings. The maximum absolute atomic E-state index is 12.6. The van der Waals surface area contributed by atoms with Crippen molar-refractivity contribution in [1.82, 2.24) is 0 Å². The van der Waals surface area contributed by atoms with Crippen LogP contribution in [0.3, 0.4) is 0 Å². The van der Waals surface area contributed by atoms with Crippen molar-refractivity contribution in [3.63, 3.8) is 0 Å². The van der Waals surface area contributed by atoms with Crippen LogP contribution in [0.5, 0.6) is 0 Å². The number of aryl methyl sites for hydroxylation is 1. The third kappa shape index (κ3) is 4.51. The van der Waals surface area contributed by atoms with E-state index in [-0.39, 0.29) is 21.2 Å². The predicted molar refractivity (Wildman–Crippen MR) is 110 cm³/mol. The van der Waals surface area contributed by atoms with Gasteiger partial charge < -0.3 is 10.0 Å². The van der Waals surface area contributed by atoms with Crippen LogP contribution in [0.2, 0.25) is 5.02 Å². The van der Waals surface area contributed by atoms with E-state index in [0.29, 0.717) is 5.69 Å². The number of rotatable bonds is 5. The van der Waals surface area contributed by atoms with Gasteiger partial charge in [0.2, 0.25) is 0 Å². The fourth-order valence-corrected chi connectivity index (χ4v) is 5.44. The molecule has 0 atom stereocenters. The molecular weight excluding hydrogens is 408 g/mol. The molecule has 0 amide bonds. The van der Waals surface area contributed by atoms with E-state index in [2.05, 4.69) is 4.72 Å². The van der Waals surface area contributed by atoms with Crippen LogP contribution < -0.4 is 9.62 Å². The Kier molecular flexibility index (Phi) is 5.88. The molecule has 0 spiro atoms. The van der Waals surface area contributed by atoms with Gasteiger partial charge in [-0.2, -0.15) is 11.8 Å². The minimum atomic E-state index is -3.93. The van der Waals surface area contributed by atoms with Crippen molar-refractivity contribution in [2.24, 2.45) is 0 Å². The maximum Gasteiger partial charge on any atom is 0.337 e. The van der Waals surface area contributed by atoms with Gasteiger partial charge in [0.05, 0.1) is 16.3 Å². The number of nitrogens with one attached hydrogen (secondary N) is 1. The average Bonchev–Trinajstić information content (AvgIpc) is 2.61. The molecule has 0 saturated carbocycles. The van der Waals surface area contributed by atoms with Gasteiger partial charge >= 0.3 is 5.97 Å². The monoisotopic (exact) mass is 426 g/mol. The highest BCUT2D eigenvalue weighted by atomic mass is 35.5. The molecule has 0 radical (unpaired) electrons. The summed E-state index contributed by atoms with van der Waals surface area (Å²) < 4.78 is 27.7. The lowest BCUT2D eigenvalue weighted by molar-refractivity contribution is 0.0697. The normalized spacial score (nSPS) is 14.8. The Bertz CT molecular complexity index is 973. The quantitative estimate of drug-likeness (QED) is 0.758. The first-order chi connectivity index (χ1) is 12.8. The first kappa shape index (κ1) is 19.9. The summed E-state index contributed by atoms with van der Waals surface area (Å²) >= 11 is 7.89. The Morgan fingerprint density at radius 2 is 1.89 bits per heavy atom. The Balaban J connectivity index is 1.93. The molecule has 144 valence electrons. The topological polar surface area (TPSA) is 86.7 Å². The molecule has 6 nitrogen and oxygen atoms in total. The standard InChI is InChI=1S/C18H19ClN2O4S2/c1-12-2-5-17(15(19)10-12)27(24,25)20-13-3-4-16(14(11-13)18(22)23)21-6-8-26-9-7-21/h2-5,10-11,20H,6-9H2,1H3,(H,22,23). The molecule has 27 heavy (non-hydrogen) atoms. The second-order valence-corrected chi connectivity index (χ2v) is 9.46. The van der Waals surface area contributed by atoms with E-state index in [1.807, 2.05) is 23.6 Å². The lowest BCUT2D eigenvalue weighted by Crippen LogP contribution is -2.33. The van der Waals surface area contributed by atoms with E-state index in [0.717, 1.165) is 30.2 Å². The molecule has 1 heterocycles. The summed E-state index contributed by atoms with van der Waals surface area (Å²) in [6.07, 6.45) is 0. The van der Waals surface area contributed by atoms with Crippen LogP contribution in [0, 0.1) is 6.92 Å². The summed E-state index contributed by atoms with van der Waals surface area (Å²) in [6.45, 7) is 3.33. The summed E-state index contributed by atoms with van der Waals surface area (Å²) in [5, 5.41) is 9.69. The fraction of sp³-hybridized carbons (Fsp3) is 0.278. The molecule has 0 aliphatic carbocycles. The first-order valence-corrected chi connectivity index (χ1v) is 11.3. The molecule has 0 unspecified atom stereocenters. The van der Waals surface area contributed by atoms with Crippen molar-refractivity contribution in [2.75, 3.05) is 34.2 Å². The van der Waals surface area contributed by atoms with Gasteiger partial charge in [-0.1, -0.05) is 17.7 Å². The third-order valence-corrected chi connectivity index (χ3v) is 7.01. The number of carboxylic acids is 1.